The van der Waals surface area contributed by atoms with E-state index in [9.17, 15) is 0 Å². The molecule has 0 spiro atoms. The fraction of sp³-hybridized carbons (Fsp3) is 0.429. The van der Waals surface area contributed by atoms with Crippen LogP contribution >= 0.6 is 0 Å². The molecule has 0 radical (unpaired) electrons. The minimum absolute atomic E-state index is 1.14. The molecule has 1 rings (SSSR count). The van der Waals surface area contributed by atoms with E-state index in [2.05, 4.69) is 45.5 Å². The Hall–Kier alpha value is -1.04. The number of rotatable bonds is 1. The van der Waals surface area contributed by atoms with Crippen molar-refractivity contribution in [3.63, 3.8) is 0 Å². The van der Waals surface area contributed by atoms with Crippen molar-refractivity contribution in [3.8, 4) is 0 Å². The molecule has 1 aromatic rings. The summed E-state index contributed by atoms with van der Waals surface area (Å²) in [7, 11) is 0. The maximum atomic E-state index is 3.56. The average Bonchev–Trinajstić information content (AvgIpc) is 2.09. The summed E-state index contributed by atoms with van der Waals surface area (Å²) < 4.78 is 0. The third-order valence-electron chi connectivity index (χ3n) is 1.98. The van der Waals surface area contributed by atoms with Gasteiger partial charge in [-0.2, -0.15) is 0 Å². The summed E-state index contributed by atoms with van der Waals surface area (Å²) in [6.45, 7) is 14.0. The van der Waals surface area contributed by atoms with Crippen LogP contribution in [0.2, 0.25) is 0 Å². The van der Waals surface area contributed by atoms with E-state index in [1.54, 1.807) is 0 Å². The van der Waals surface area contributed by atoms with Crippen LogP contribution in [-0.4, -0.2) is 0 Å². The molecule has 0 aliphatic heterocycles. The van der Waals surface area contributed by atoms with E-state index < -0.39 is 0 Å². The molecule has 0 amide bonds. The molecule has 1 aromatic carbocycles. The number of aryl methyl sites for hydroxylation is 3. The highest BCUT2D eigenvalue weighted by Gasteiger charge is 1.92. The van der Waals surface area contributed by atoms with Crippen molar-refractivity contribution in [3.05, 3.63) is 47.0 Å². The maximum Gasteiger partial charge on any atom is -0.0307 e. The van der Waals surface area contributed by atoms with Gasteiger partial charge < -0.3 is 0 Å². The molecule has 0 saturated carbocycles. The van der Waals surface area contributed by atoms with Gasteiger partial charge in [0.15, 0.2) is 0 Å². The van der Waals surface area contributed by atoms with Gasteiger partial charge in [-0.05, 0) is 50.8 Å². The lowest BCUT2D eigenvalue weighted by atomic mass is 10.1. The van der Waals surface area contributed by atoms with Crippen molar-refractivity contribution in [2.24, 2.45) is 0 Å². The Balaban J connectivity index is 0.000000364. The molecule has 0 heteroatoms. The van der Waals surface area contributed by atoms with Gasteiger partial charge in [-0.1, -0.05) is 30.7 Å². The SMILES string of the molecule is C=C(C)C.CCc1ccc(C)c(C)c1. The molecule has 0 bridgehead atoms. The van der Waals surface area contributed by atoms with Crippen molar-refractivity contribution in [1.29, 1.82) is 0 Å². The summed E-state index contributed by atoms with van der Waals surface area (Å²) in [6, 6.07) is 6.64. The van der Waals surface area contributed by atoms with Gasteiger partial charge in [0.25, 0.3) is 0 Å². The van der Waals surface area contributed by atoms with Gasteiger partial charge in [-0.3, -0.25) is 0 Å². The Morgan fingerprint density at radius 3 is 2.00 bits per heavy atom. The van der Waals surface area contributed by atoms with Gasteiger partial charge in [-0.25, -0.2) is 0 Å². The Morgan fingerprint density at radius 2 is 1.64 bits per heavy atom. The standard InChI is InChI=1S/C10H14.C4H8/c1-4-10-6-5-8(2)9(3)7-10;1-4(2)3/h5-7H,4H2,1-3H3;1H2,2-3H3. The predicted molar refractivity (Wildman–Crippen MR) is 65.8 cm³/mol. The fourth-order valence-electron chi connectivity index (χ4n) is 1.02. The summed E-state index contributed by atoms with van der Waals surface area (Å²) in [6.07, 6.45) is 1.14. The number of allylic oxidation sites excluding steroid dienone is 1. The fourth-order valence-corrected chi connectivity index (χ4v) is 1.02. The highest BCUT2D eigenvalue weighted by Crippen LogP contribution is 2.09. The van der Waals surface area contributed by atoms with Crippen molar-refractivity contribution in [1.82, 2.24) is 0 Å². The Morgan fingerprint density at radius 1 is 1.14 bits per heavy atom. The van der Waals surface area contributed by atoms with Crippen LogP contribution in [0.3, 0.4) is 0 Å². The van der Waals surface area contributed by atoms with E-state index >= 15 is 0 Å². The van der Waals surface area contributed by atoms with Crippen molar-refractivity contribution in [2.75, 3.05) is 0 Å². The van der Waals surface area contributed by atoms with Gasteiger partial charge >= 0.3 is 0 Å². The van der Waals surface area contributed by atoms with Gasteiger partial charge in [0, 0.05) is 0 Å². The van der Waals surface area contributed by atoms with Crippen molar-refractivity contribution in [2.45, 2.75) is 41.0 Å². The van der Waals surface area contributed by atoms with Gasteiger partial charge in [0.1, 0.15) is 0 Å². The van der Waals surface area contributed by atoms with Crippen LogP contribution in [0.25, 0.3) is 0 Å². The normalized spacial score (nSPS) is 8.93. The zero-order valence-corrected chi connectivity index (χ0v) is 10.1. The first-order valence-electron chi connectivity index (χ1n) is 5.15. The molecular formula is C14H22. The first-order valence-corrected chi connectivity index (χ1v) is 5.15. The second-order valence-electron chi connectivity index (χ2n) is 3.98. The molecule has 0 aliphatic carbocycles. The zero-order valence-electron chi connectivity index (χ0n) is 10.1. The molecular weight excluding hydrogens is 168 g/mol. The Kier molecular flexibility index (Phi) is 5.94. The third-order valence-corrected chi connectivity index (χ3v) is 1.98. The molecule has 0 unspecified atom stereocenters. The minimum Gasteiger partial charge on any atom is -0.100 e. The number of hydrogen-bond donors (Lipinski definition) is 0. The highest BCUT2D eigenvalue weighted by molar-refractivity contribution is 5.29. The summed E-state index contributed by atoms with van der Waals surface area (Å²) in [4.78, 5) is 0. The molecule has 0 fully saturated rings. The van der Waals surface area contributed by atoms with Gasteiger partial charge in [0.05, 0.1) is 0 Å². The first kappa shape index (κ1) is 13.0. The van der Waals surface area contributed by atoms with E-state index in [-0.39, 0.29) is 0 Å². The van der Waals surface area contributed by atoms with Crippen LogP contribution in [-0.2, 0) is 6.42 Å². The third kappa shape index (κ3) is 5.58. The molecule has 0 N–H and O–H groups in total. The highest BCUT2D eigenvalue weighted by atomic mass is 14.0. The second-order valence-corrected chi connectivity index (χ2v) is 3.98. The summed E-state index contributed by atoms with van der Waals surface area (Å²) in [5, 5.41) is 0. The lowest BCUT2D eigenvalue weighted by Gasteiger charge is -2.01. The van der Waals surface area contributed by atoms with Crippen LogP contribution < -0.4 is 0 Å². The monoisotopic (exact) mass is 190 g/mol. The van der Waals surface area contributed by atoms with E-state index in [0.717, 1.165) is 6.42 Å². The molecule has 0 atom stereocenters. The van der Waals surface area contributed by atoms with Crippen LogP contribution in [0.5, 0.6) is 0 Å². The summed E-state index contributed by atoms with van der Waals surface area (Å²) in [5.41, 5.74) is 5.39. The number of benzene rings is 1. The van der Waals surface area contributed by atoms with Crippen LogP contribution in [0, 0.1) is 13.8 Å². The molecule has 0 heterocycles. The first-order chi connectivity index (χ1) is 6.47. The predicted octanol–water partition coefficient (Wildman–Crippen LogP) is 4.45. The molecule has 0 aliphatic rings. The molecule has 0 nitrogen and oxygen atoms in total. The average molecular weight is 190 g/mol. The zero-order chi connectivity index (χ0) is 11.1. The Labute approximate surface area is 88.7 Å². The van der Waals surface area contributed by atoms with Crippen LogP contribution in [0.15, 0.2) is 30.4 Å². The summed E-state index contributed by atoms with van der Waals surface area (Å²) >= 11 is 0. The lowest BCUT2D eigenvalue weighted by Crippen LogP contribution is -1.84. The summed E-state index contributed by atoms with van der Waals surface area (Å²) in [5.74, 6) is 0. The second kappa shape index (κ2) is 6.42. The molecule has 0 saturated heterocycles. The quantitative estimate of drug-likeness (QED) is 0.574. The van der Waals surface area contributed by atoms with E-state index in [1.807, 2.05) is 13.8 Å². The topological polar surface area (TPSA) is 0 Å². The van der Waals surface area contributed by atoms with Gasteiger partial charge in [0.2, 0.25) is 0 Å². The largest absolute Gasteiger partial charge is 0.100 e. The maximum absolute atomic E-state index is 3.56. The smallest absolute Gasteiger partial charge is 0.0307 e. The lowest BCUT2D eigenvalue weighted by molar-refractivity contribution is 1.12. The Bertz CT molecular complexity index is 291. The molecule has 0 aromatic heterocycles. The van der Waals surface area contributed by atoms with E-state index in [4.69, 9.17) is 0 Å². The van der Waals surface area contributed by atoms with Crippen molar-refractivity contribution < 1.29 is 0 Å². The molecule has 14 heavy (non-hydrogen) atoms. The molecule has 78 valence electrons. The number of hydrogen-bond acceptors (Lipinski definition) is 0. The van der Waals surface area contributed by atoms with Crippen LogP contribution in [0.4, 0.5) is 0 Å². The van der Waals surface area contributed by atoms with Crippen molar-refractivity contribution >= 4 is 0 Å². The van der Waals surface area contributed by atoms with E-state index in [0.29, 0.717) is 0 Å². The van der Waals surface area contributed by atoms with Crippen LogP contribution in [0.1, 0.15) is 37.5 Å². The van der Waals surface area contributed by atoms with E-state index in [1.165, 1.54) is 22.3 Å². The van der Waals surface area contributed by atoms with Gasteiger partial charge in [-0.15, -0.1) is 6.58 Å². The minimum atomic E-state index is 1.14.